The number of benzene rings is 2. The molecule has 0 bridgehead atoms. The molecule has 1 fully saturated rings. The van der Waals surface area contributed by atoms with Crippen LogP contribution in [0.15, 0.2) is 59.5 Å². The van der Waals surface area contributed by atoms with Gasteiger partial charge in [-0.2, -0.15) is 4.31 Å². The average molecular weight is 520 g/mol. The van der Waals surface area contributed by atoms with E-state index in [1.165, 1.54) is 24.7 Å². The van der Waals surface area contributed by atoms with E-state index < -0.39 is 15.8 Å². The summed E-state index contributed by atoms with van der Waals surface area (Å²) < 4.78 is 44.6. The van der Waals surface area contributed by atoms with Crippen molar-refractivity contribution >= 4 is 15.9 Å². The number of rotatable bonds is 12. The number of amides is 1. The lowest BCUT2D eigenvalue weighted by atomic mass is 9.76. The third-order valence-corrected chi connectivity index (χ3v) is 8.80. The third-order valence-electron chi connectivity index (χ3n) is 6.93. The fourth-order valence-corrected chi connectivity index (χ4v) is 6.08. The molecule has 1 saturated carbocycles. The molecule has 1 unspecified atom stereocenters. The molecule has 0 aliphatic heterocycles. The van der Waals surface area contributed by atoms with Crippen LogP contribution in [-0.4, -0.2) is 71.0 Å². The Hall–Kier alpha value is -2.33. The lowest BCUT2D eigenvalue weighted by molar-refractivity contribution is -0.126. The SMILES string of the molecule is CN(C)C(c1ccccc1)C1CCC(CNC(=O)COCCN(C)S(=O)(=O)c2ccc(F)cc2)CC1. The highest BCUT2D eigenvalue weighted by Crippen LogP contribution is 2.39. The van der Waals surface area contributed by atoms with Crippen LogP contribution < -0.4 is 5.32 Å². The van der Waals surface area contributed by atoms with Gasteiger partial charge in [0.25, 0.3) is 0 Å². The van der Waals surface area contributed by atoms with Crippen LogP contribution in [0, 0.1) is 17.7 Å². The van der Waals surface area contributed by atoms with Crippen LogP contribution in [0.25, 0.3) is 0 Å². The van der Waals surface area contributed by atoms with Crippen molar-refractivity contribution in [3.8, 4) is 0 Å². The van der Waals surface area contributed by atoms with Crippen molar-refractivity contribution in [3.63, 3.8) is 0 Å². The van der Waals surface area contributed by atoms with Gasteiger partial charge in [-0.1, -0.05) is 30.3 Å². The normalized spacial score (nSPS) is 19.4. The van der Waals surface area contributed by atoms with E-state index in [2.05, 4.69) is 48.6 Å². The van der Waals surface area contributed by atoms with Gasteiger partial charge in [-0.25, -0.2) is 12.8 Å². The number of hydrogen-bond donors (Lipinski definition) is 1. The highest BCUT2D eigenvalue weighted by Gasteiger charge is 2.30. The van der Waals surface area contributed by atoms with Gasteiger partial charge in [-0.3, -0.25) is 4.79 Å². The van der Waals surface area contributed by atoms with Crippen molar-refractivity contribution in [2.24, 2.45) is 11.8 Å². The molecule has 0 heterocycles. The molecule has 1 atom stereocenters. The first-order valence-corrected chi connectivity index (χ1v) is 13.9. The molecule has 0 spiro atoms. The zero-order chi connectivity index (χ0) is 26.1. The molecule has 2 aromatic carbocycles. The summed E-state index contributed by atoms with van der Waals surface area (Å²) in [6, 6.07) is 15.7. The summed E-state index contributed by atoms with van der Waals surface area (Å²) in [7, 11) is 1.97. The highest BCUT2D eigenvalue weighted by atomic mass is 32.2. The van der Waals surface area contributed by atoms with E-state index in [1.807, 2.05) is 6.07 Å². The van der Waals surface area contributed by atoms with Crippen molar-refractivity contribution in [3.05, 3.63) is 66.0 Å². The van der Waals surface area contributed by atoms with Gasteiger partial charge in [0.05, 0.1) is 11.5 Å². The van der Waals surface area contributed by atoms with Gasteiger partial charge >= 0.3 is 0 Å². The van der Waals surface area contributed by atoms with E-state index >= 15 is 0 Å². The minimum atomic E-state index is -3.73. The predicted octanol–water partition coefficient (Wildman–Crippen LogP) is 3.69. The van der Waals surface area contributed by atoms with Crippen LogP contribution in [0.2, 0.25) is 0 Å². The second kappa shape index (κ2) is 13.3. The summed E-state index contributed by atoms with van der Waals surface area (Å²) >= 11 is 0. The zero-order valence-corrected chi connectivity index (χ0v) is 22.2. The molecule has 7 nitrogen and oxygen atoms in total. The molecule has 1 aliphatic carbocycles. The van der Waals surface area contributed by atoms with Crippen LogP contribution in [0.4, 0.5) is 4.39 Å². The Morgan fingerprint density at radius 1 is 1.03 bits per heavy atom. The molecule has 3 rings (SSSR count). The van der Waals surface area contributed by atoms with Crippen LogP contribution in [0.1, 0.15) is 37.3 Å². The van der Waals surface area contributed by atoms with Gasteiger partial charge < -0.3 is 15.0 Å². The number of hydrogen-bond acceptors (Lipinski definition) is 5. The third kappa shape index (κ3) is 7.83. The van der Waals surface area contributed by atoms with Gasteiger partial charge in [-0.15, -0.1) is 0 Å². The minimum Gasteiger partial charge on any atom is -0.370 e. The van der Waals surface area contributed by atoms with E-state index in [0.29, 0.717) is 24.4 Å². The number of sulfonamides is 1. The van der Waals surface area contributed by atoms with Crippen LogP contribution >= 0.6 is 0 Å². The lowest BCUT2D eigenvalue weighted by Gasteiger charge is -2.37. The van der Waals surface area contributed by atoms with Crippen molar-refractivity contribution < 1.29 is 22.3 Å². The number of carbonyl (C=O) groups is 1. The van der Waals surface area contributed by atoms with Gasteiger partial charge in [0, 0.05) is 26.2 Å². The Labute approximate surface area is 214 Å². The zero-order valence-electron chi connectivity index (χ0n) is 21.4. The van der Waals surface area contributed by atoms with Crippen molar-refractivity contribution in [1.82, 2.24) is 14.5 Å². The van der Waals surface area contributed by atoms with Gasteiger partial charge in [0.1, 0.15) is 12.4 Å². The predicted molar refractivity (Wildman–Crippen MR) is 138 cm³/mol. The van der Waals surface area contributed by atoms with Crippen LogP contribution in [0.3, 0.4) is 0 Å². The standard InChI is InChI=1S/C27H38FN3O4S/c1-30(2)27(22-7-5-4-6-8-22)23-11-9-21(10-12-23)19-29-26(32)20-35-18-17-31(3)36(33,34)25-15-13-24(28)14-16-25/h4-8,13-16,21,23,27H,9-12,17-20H2,1-3H3,(H,29,32). The molecule has 1 aliphatic rings. The van der Waals surface area contributed by atoms with E-state index in [4.69, 9.17) is 4.74 Å². The monoisotopic (exact) mass is 519 g/mol. The van der Waals surface area contributed by atoms with Crippen LogP contribution in [-0.2, 0) is 19.6 Å². The fraction of sp³-hybridized carbons (Fsp3) is 0.519. The summed E-state index contributed by atoms with van der Waals surface area (Å²) in [6.45, 7) is 0.689. The van der Waals surface area contributed by atoms with Crippen molar-refractivity contribution in [1.29, 1.82) is 0 Å². The maximum absolute atomic E-state index is 13.1. The molecule has 198 valence electrons. The number of carbonyl (C=O) groups excluding carboxylic acids is 1. The molecule has 1 amide bonds. The Morgan fingerprint density at radius 2 is 1.67 bits per heavy atom. The number of likely N-dealkylation sites (N-methyl/N-ethyl adjacent to an activating group) is 1. The maximum Gasteiger partial charge on any atom is 0.246 e. The van der Waals surface area contributed by atoms with E-state index in [-0.39, 0.29) is 30.6 Å². The van der Waals surface area contributed by atoms with E-state index in [9.17, 15) is 17.6 Å². The lowest BCUT2D eigenvalue weighted by Crippen LogP contribution is -2.36. The van der Waals surface area contributed by atoms with Gasteiger partial charge in [-0.05, 0) is 81.4 Å². The minimum absolute atomic E-state index is 0.0135. The molecular formula is C27H38FN3O4S. The van der Waals surface area contributed by atoms with E-state index in [0.717, 1.165) is 42.1 Å². The molecule has 0 aromatic heterocycles. The van der Waals surface area contributed by atoms with Gasteiger partial charge in [0.2, 0.25) is 15.9 Å². The summed E-state index contributed by atoms with van der Waals surface area (Å²) in [6.07, 6.45) is 4.41. The second-order valence-electron chi connectivity index (χ2n) is 9.74. The molecular weight excluding hydrogens is 481 g/mol. The van der Waals surface area contributed by atoms with Gasteiger partial charge in [0.15, 0.2) is 0 Å². The molecule has 0 radical (unpaired) electrons. The molecule has 2 aromatic rings. The number of halogens is 1. The Kier molecular flexibility index (Phi) is 10.4. The number of ether oxygens (including phenoxy) is 1. The molecule has 9 heteroatoms. The quantitative estimate of drug-likeness (QED) is 0.433. The topological polar surface area (TPSA) is 79.0 Å². The first kappa shape index (κ1) is 28.2. The summed E-state index contributed by atoms with van der Waals surface area (Å²) in [5.74, 6) is 0.359. The Bertz CT molecular complexity index is 1060. The molecule has 36 heavy (non-hydrogen) atoms. The summed E-state index contributed by atoms with van der Waals surface area (Å²) in [4.78, 5) is 14.5. The highest BCUT2D eigenvalue weighted by molar-refractivity contribution is 7.89. The first-order valence-electron chi connectivity index (χ1n) is 12.5. The van der Waals surface area contributed by atoms with Crippen LogP contribution in [0.5, 0.6) is 0 Å². The smallest absolute Gasteiger partial charge is 0.246 e. The summed E-state index contributed by atoms with van der Waals surface area (Å²) in [5.41, 5.74) is 1.35. The Morgan fingerprint density at radius 3 is 2.28 bits per heavy atom. The summed E-state index contributed by atoms with van der Waals surface area (Å²) in [5, 5.41) is 2.96. The Balaban J connectivity index is 1.34. The van der Waals surface area contributed by atoms with E-state index in [1.54, 1.807) is 0 Å². The molecule has 1 N–H and O–H groups in total. The first-order chi connectivity index (χ1) is 17.2. The molecule has 0 saturated heterocycles. The van der Waals surface area contributed by atoms with Crippen molar-refractivity contribution in [2.45, 2.75) is 36.6 Å². The second-order valence-corrected chi connectivity index (χ2v) is 11.8. The maximum atomic E-state index is 13.1. The average Bonchev–Trinajstić information content (AvgIpc) is 2.87. The van der Waals surface area contributed by atoms with Crippen molar-refractivity contribution in [2.75, 3.05) is 47.4 Å². The largest absolute Gasteiger partial charge is 0.370 e. The number of nitrogens with one attached hydrogen (secondary N) is 1. The fourth-order valence-electron chi connectivity index (χ4n) is 4.92. The number of nitrogens with zero attached hydrogens (tertiary/aromatic N) is 2.